The Hall–Kier alpha value is -2.10. The number of carbonyl (C=O) groups excluding carboxylic acids is 2. The molecule has 1 aliphatic carbocycles. The number of rotatable bonds is 3. The third-order valence-electron chi connectivity index (χ3n) is 6.41. The van der Waals surface area contributed by atoms with Crippen molar-refractivity contribution in [2.24, 2.45) is 5.41 Å². The first-order valence-corrected chi connectivity index (χ1v) is 11.5. The minimum atomic E-state index is -0.346. The van der Waals surface area contributed by atoms with Crippen LogP contribution in [0.1, 0.15) is 62.6 Å². The van der Waals surface area contributed by atoms with Crippen molar-refractivity contribution in [1.29, 1.82) is 0 Å². The average Bonchev–Trinajstić information content (AvgIpc) is 2.67. The van der Waals surface area contributed by atoms with Crippen LogP contribution in [0.2, 0.25) is 10.0 Å². The van der Waals surface area contributed by atoms with Gasteiger partial charge in [0.05, 0.1) is 5.69 Å². The van der Waals surface area contributed by atoms with E-state index in [0.29, 0.717) is 22.9 Å². The van der Waals surface area contributed by atoms with Gasteiger partial charge in [-0.05, 0) is 54.0 Å². The van der Waals surface area contributed by atoms with Gasteiger partial charge >= 0.3 is 0 Å². The van der Waals surface area contributed by atoms with E-state index in [1.165, 1.54) is 0 Å². The Bertz CT molecular complexity index is 1120. The van der Waals surface area contributed by atoms with Crippen LogP contribution < -0.4 is 4.90 Å². The number of halogens is 2. The summed E-state index contributed by atoms with van der Waals surface area (Å²) in [6, 6.07) is 11.4. The number of hydrogen-bond donors (Lipinski definition) is 0. The van der Waals surface area contributed by atoms with E-state index in [1.807, 2.05) is 30.0 Å². The number of allylic oxidation sites excluding steroid dienone is 2. The number of para-hydroxylation sites is 1. The first-order chi connectivity index (χ1) is 14.6. The highest BCUT2D eigenvalue weighted by Crippen LogP contribution is 2.50. The highest BCUT2D eigenvalue weighted by atomic mass is 35.5. The highest BCUT2D eigenvalue weighted by Gasteiger charge is 2.45. The molecule has 5 heteroatoms. The highest BCUT2D eigenvalue weighted by molar-refractivity contribution is 6.35. The van der Waals surface area contributed by atoms with E-state index in [0.717, 1.165) is 40.1 Å². The van der Waals surface area contributed by atoms with Crippen molar-refractivity contribution in [3.63, 3.8) is 0 Å². The second-order valence-corrected chi connectivity index (χ2v) is 10.2. The summed E-state index contributed by atoms with van der Waals surface area (Å²) in [7, 11) is 0. The number of ketones is 1. The summed E-state index contributed by atoms with van der Waals surface area (Å²) in [5.74, 6) is -0.239. The summed E-state index contributed by atoms with van der Waals surface area (Å²) >= 11 is 12.6. The maximum Gasteiger partial charge on any atom is 0.232 e. The Labute approximate surface area is 194 Å². The van der Waals surface area contributed by atoms with Crippen molar-refractivity contribution in [2.75, 3.05) is 4.90 Å². The molecule has 0 fully saturated rings. The number of nitrogens with zero attached hydrogens (tertiary/aromatic N) is 1. The molecule has 4 rings (SSSR count). The third-order valence-corrected chi connectivity index (χ3v) is 6.97. The summed E-state index contributed by atoms with van der Waals surface area (Å²) in [5.41, 5.74) is 5.21. The van der Waals surface area contributed by atoms with Crippen LogP contribution in [-0.2, 0) is 16.0 Å². The van der Waals surface area contributed by atoms with Gasteiger partial charge in [-0.2, -0.15) is 0 Å². The molecule has 0 saturated heterocycles. The van der Waals surface area contributed by atoms with Crippen LogP contribution in [0.5, 0.6) is 0 Å². The fourth-order valence-corrected chi connectivity index (χ4v) is 5.59. The largest absolute Gasteiger partial charge is 0.294 e. The molecule has 0 radical (unpaired) electrons. The van der Waals surface area contributed by atoms with Crippen molar-refractivity contribution in [3.8, 4) is 0 Å². The van der Waals surface area contributed by atoms with Gasteiger partial charge in [0.25, 0.3) is 0 Å². The molecule has 31 heavy (non-hydrogen) atoms. The fraction of sp³-hybridized carbons (Fsp3) is 0.385. The lowest BCUT2D eigenvalue weighted by molar-refractivity contribution is -0.121. The van der Waals surface area contributed by atoms with Crippen LogP contribution in [0.4, 0.5) is 5.69 Å². The van der Waals surface area contributed by atoms with Crippen molar-refractivity contribution in [1.82, 2.24) is 0 Å². The van der Waals surface area contributed by atoms with Crippen LogP contribution in [0.15, 0.2) is 47.7 Å². The van der Waals surface area contributed by atoms with Gasteiger partial charge in [-0.15, -0.1) is 0 Å². The molecule has 2 aromatic rings. The number of carbonyl (C=O) groups is 2. The lowest BCUT2D eigenvalue weighted by atomic mass is 9.69. The molecule has 1 amide bonds. The molecule has 1 aliphatic heterocycles. The summed E-state index contributed by atoms with van der Waals surface area (Å²) in [4.78, 5) is 29.0. The summed E-state index contributed by atoms with van der Waals surface area (Å²) in [6.07, 6.45) is 2.15. The van der Waals surface area contributed by atoms with E-state index in [4.69, 9.17) is 23.2 Å². The molecule has 2 aromatic carbocycles. The molecule has 0 saturated carbocycles. The lowest BCUT2D eigenvalue weighted by Gasteiger charge is -2.44. The topological polar surface area (TPSA) is 37.4 Å². The predicted octanol–water partition coefficient (Wildman–Crippen LogP) is 7.03. The van der Waals surface area contributed by atoms with Crippen molar-refractivity contribution < 1.29 is 9.59 Å². The Kier molecular flexibility index (Phi) is 5.78. The van der Waals surface area contributed by atoms with E-state index in [9.17, 15) is 9.59 Å². The zero-order chi connectivity index (χ0) is 22.5. The second-order valence-electron chi connectivity index (χ2n) is 9.39. The van der Waals surface area contributed by atoms with Crippen LogP contribution >= 0.6 is 23.2 Å². The van der Waals surface area contributed by atoms with Gasteiger partial charge in [0, 0.05) is 40.1 Å². The van der Waals surface area contributed by atoms with Gasteiger partial charge < -0.3 is 0 Å². The number of Topliss-reactive ketones (excluding diaryl/α,β-unsaturated/α-hetero) is 1. The van der Waals surface area contributed by atoms with Crippen LogP contribution in [0, 0.1) is 12.3 Å². The maximum absolute atomic E-state index is 13.7. The Balaban J connectivity index is 1.97. The van der Waals surface area contributed by atoms with Gasteiger partial charge in [-0.1, -0.05) is 68.2 Å². The predicted molar refractivity (Wildman–Crippen MR) is 127 cm³/mol. The molecule has 0 spiro atoms. The molecule has 1 heterocycles. The van der Waals surface area contributed by atoms with E-state index in [-0.39, 0.29) is 29.4 Å². The van der Waals surface area contributed by atoms with Crippen LogP contribution in [0.25, 0.3) is 0 Å². The number of anilines is 1. The van der Waals surface area contributed by atoms with Crippen molar-refractivity contribution in [3.05, 3.63) is 74.4 Å². The molecule has 0 aromatic heterocycles. The molecular weight excluding hydrogens is 429 g/mol. The Morgan fingerprint density at radius 2 is 1.84 bits per heavy atom. The molecule has 2 aliphatic rings. The molecule has 162 valence electrons. The molecule has 0 bridgehead atoms. The maximum atomic E-state index is 13.7. The second kappa shape index (κ2) is 8.11. The van der Waals surface area contributed by atoms with E-state index in [1.54, 1.807) is 12.1 Å². The van der Waals surface area contributed by atoms with Crippen molar-refractivity contribution >= 4 is 40.6 Å². The molecular formula is C26H27Cl2NO2. The number of amides is 1. The first-order valence-electron chi connectivity index (χ1n) is 10.8. The van der Waals surface area contributed by atoms with E-state index in [2.05, 4.69) is 26.8 Å². The van der Waals surface area contributed by atoms with Gasteiger partial charge in [-0.25, -0.2) is 0 Å². The van der Waals surface area contributed by atoms with Crippen LogP contribution in [0.3, 0.4) is 0 Å². The van der Waals surface area contributed by atoms with Crippen molar-refractivity contribution in [2.45, 2.75) is 59.3 Å². The normalized spacial score (nSPS) is 20.8. The van der Waals surface area contributed by atoms with Gasteiger partial charge in [-0.3, -0.25) is 14.5 Å². The number of hydrogen-bond acceptors (Lipinski definition) is 2. The minimum absolute atomic E-state index is 0.00395. The quantitative estimate of drug-likeness (QED) is 0.497. The minimum Gasteiger partial charge on any atom is -0.294 e. The average molecular weight is 456 g/mol. The Morgan fingerprint density at radius 3 is 2.52 bits per heavy atom. The number of benzene rings is 2. The molecule has 3 nitrogen and oxygen atoms in total. The SMILES string of the molecule is CCc1cccc(C)c1N1C(=O)CC(c2ccc(Cl)cc2Cl)C2=C1CC(C)(C)CC2=O. The van der Waals surface area contributed by atoms with E-state index >= 15 is 0 Å². The zero-order valence-corrected chi connectivity index (χ0v) is 19.9. The fourth-order valence-electron chi connectivity index (χ4n) is 5.05. The first kappa shape index (κ1) is 22.1. The zero-order valence-electron chi connectivity index (χ0n) is 18.4. The van der Waals surface area contributed by atoms with Crippen LogP contribution in [-0.4, -0.2) is 11.7 Å². The van der Waals surface area contributed by atoms with E-state index < -0.39 is 0 Å². The van der Waals surface area contributed by atoms with Gasteiger partial charge in [0.1, 0.15) is 0 Å². The smallest absolute Gasteiger partial charge is 0.232 e. The standard InChI is InChI=1S/C26H27Cl2NO2/c1-5-16-8-6-7-15(2)25(16)29-21-13-26(3,4)14-22(30)24(21)19(12-23(29)31)18-10-9-17(27)11-20(18)28/h6-11,19H,5,12-14H2,1-4H3. The van der Waals surface area contributed by atoms with Gasteiger partial charge in [0.2, 0.25) is 5.91 Å². The summed E-state index contributed by atoms with van der Waals surface area (Å²) < 4.78 is 0. The third kappa shape index (κ3) is 3.94. The molecule has 1 atom stereocenters. The number of aryl methyl sites for hydroxylation is 2. The lowest BCUT2D eigenvalue weighted by Crippen LogP contribution is -2.44. The molecule has 1 unspecified atom stereocenters. The summed E-state index contributed by atoms with van der Waals surface area (Å²) in [5, 5.41) is 1.03. The Morgan fingerprint density at radius 1 is 1.10 bits per heavy atom. The molecule has 0 N–H and O–H groups in total. The summed E-state index contributed by atoms with van der Waals surface area (Å²) in [6.45, 7) is 8.30. The monoisotopic (exact) mass is 455 g/mol. The van der Waals surface area contributed by atoms with Gasteiger partial charge in [0.15, 0.2) is 5.78 Å².